The van der Waals surface area contributed by atoms with Gasteiger partial charge in [-0.1, -0.05) is 48.7 Å². The van der Waals surface area contributed by atoms with Gasteiger partial charge < -0.3 is 0 Å². The van der Waals surface area contributed by atoms with Gasteiger partial charge in [0.15, 0.2) is 0 Å². The molecule has 1 aromatic carbocycles. The number of rotatable bonds is 3. The van der Waals surface area contributed by atoms with Gasteiger partial charge in [-0.15, -0.1) is 0 Å². The molecule has 0 atom stereocenters. The van der Waals surface area contributed by atoms with E-state index in [1.807, 2.05) is 0 Å². The molecule has 3 heteroatoms. The molecule has 0 heterocycles. The highest BCUT2D eigenvalue weighted by atomic mass is 79.9. The van der Waals surface area contributed by atoms with E-state index in [9.17, 15) is 4.79 Å². The maximum Gasteiger partial charge on any atom is 0.235 e. The third-order valence-corrected chi connectivity index (χ3v) is 4.32. The van der Waals surface area contributed by atoms with Crippen molar-refractivity contribution in [2.75, 3.05) is 0 Å². The molecule has 1 saturated carbocycles. The Labute approximate surface area is 117 Å². The predicted molar refractivity (Wildman–Crippen MR) is 76.5 cm³/mol. The van der Waals surface area contributed by atoms with Crippen molar-refractivity contribution >= 4 is 22.0 Å². The van der Waals surface area contributed by atoms with Crippen molar-refractivity contribution in [1.29, 1.82) is 0 Å². The molecule has 0 aromatic heterocycles. The van der Waals surface area contributed by atoms with Gasteiger partial charge in [0.05, 0.1) is 5.54 Å². The van der Waals surface area contributed by atoms with Gasteiger partial charge in [0.2, 0.25) is 6.08 Å². The Hall–Kier alpha value is -0.920. The van der Waals surface area contributed by atoms with Crippen molar-refractivity contribution in [1.82, 2.24) is 0 Å². The van der Waals surface area contributed by atoms with Gasteiger partial charge in [0, 0.05) is 4.47 Å². The van der Waals surface area contributed by atoms with E-state index in [0.29, 0.717) is 5.92 Å². The summed E-state index contributed by atoms with van der Waals surface area (Å²) >= 11 is 3.53. The highest BCUT2D eigenvalue weighted by Gasteiger charge is 2.37. The lowest BCUT2D eigenvalue weighted by Gasteiger charge is -2.27. The Balaban J connectivity index is 2.59. The number of aliphatic imine (C=N–C) groups is 1. The maximum atomic E-state index is 10.8. The second-order valence-electron chi connectivity index (χ2n) is 5.33. The molecule has 0 unspecified atom stereocenters. The second-order valence-corrected chi connectivity index (χ2v) is 6.24. The summed E-state index contributed by atoms with van der Waals surface area (Å²) in [6.45, 7) is 4.36. The monoisotopic (exact) mass is 307 g/mol. The topological polar surface area (TPSA) is 29.4 Å². The first-order chi connectivity index (χ1) is 8.59. The summed E-state index contributed by atoms with van der Waals surface area (Å²) < 4.78 is 1.05. The molecule has 0 bridgehead atoms. The number of isocyanates is 1. The Morgan fingerprint density at radius 1 is 1.33 bits per heavy atom. The van der Waals surface area contributed by atoms with Crippen molar-refractivity contribution < 1.29 is 4.79 Å². The van der Waals surface area contributed by atoms with Crippen LogP contribution in [0.25, 0.3) is 0 Å². The van der Waals surface area contributed by atoms with Gasteiger partial charge in [-0.2, -0.15) is 4.99 Å². The van der Waals surface area contributed by atoms with E-state index in [2.05, 4.69) is 53.0 Å². The first-order valence-electron chi connectivity index (χ1n) is 6.48. The highest BCUT2D eigenvalue weighted by molar-refractivity contribution is 9.10. The molecule has 1 aliphatic carbocycles. The highest BCUT2D eigenvalue weighted by Crippen LogP contribution is 2.45. The quantitative estimate of drug-likeness (QED) is 0.589. The zero-order valence-electron chi connectivity index (χ0n) is 10.9. The molecule has 1 fully saturated rings. The van der Waals surface area contributed by atoms with Crippen molar-refractivity contribution in [2.24, 2.45) is 4.99 Å². The number of hydrogen-bond donors (Lipinski definition) is 0. The van der Waals surface area contributed by atoms with Crippen LogP contribution in [0.15, 0.2) is 27.7 Å². The number of nitrogens with zero attached hydrogens (tertiary/aromatic N) is 1. The molecule has 1 aromatic rings. The number of carbonyl (C=O) groups excluding carboxylic acids is 1. The van der Waals surface area contributed by atoms with Crippen LogP contribution >= 0.6 is 15.9 Å². The molecule has 2 rings (SSSR count). The van der Waals surface area contributed by atoms with Gasteiger partial charge in [0.25, 0.3) is 0 Å². The van der Waals surface area contributed by atoms with E-state index in [-0.39, 0.29) is 5.54 Å². The lowest BCUT2D eigenvalue weighted by Crippen LogP contribution is -2.21. The average Bonchev–Trinajstić information content (AvgIpc) is 2.79. The van der Waals surface area contributed by atoms with Crippen LogP contribution in [0.3, 0.4) is 0 Å². The molecule has 96 valence electrons. The van der Waals surface area contributed by atoms with E-state index in [4.69, 9.17) is 0 Å². The SMILES string of the molecule is CC(C)c1ccc(Br)cc1C1(N=C=O)CCCC1. The van der Waals surface area contributed by atoms with Crippen LogP contribution in [-0.4, -0.2) is 6.08 Å². The molecule has 0 N–H and O–H groups in total. The minimum Gasteiger partial charge on any atom is -0.211 e. The zero-order chi connectivity index (χ0) is 13.2. The van der Waals surface area contributed by atoms with Crippen LogP contribution in [0.1, 0.15) is 56.6 Å². The average molecular weight is 308 g/mol. The molecule has 18 heavy (non-hydrogen) atoms. The molecule has 0 saturated heterocycles. The number of benzene rings is 1. The predicted octanol–water partition coefficient (Wildman–Crippen LogP) is 4.68. The molecule has 0 amide bonds. The minimum atomic E-state index is -0.328. The molecule has 1 aliphatic rings. The largest absolute Gasteiger partial charge is 0.235 e. The van der Waals surface area contributed by atoms with Gasteiger partial charge in [-0.25, -0.2) is 4.79 Å². The fourth-order valence-electron chi connectivity index (χ4n) is 2.92. The normalized spacial score (nSPS) is 17.8. The van der Waals surface area contributed by atoms with E-state index in [0.717, 1.165) is 30.2 Å². The summed E-state index contributed by atoms with van der Waals surface area (Å²) in [6.07, 6.45) is 5.98. The van der Waals surface area contributed by atoms with Crippen molar-refractivity contribution in [3.05, 3.63) is 33.8 Å². The van der Waals surface area contributed by atoms with Crippen LogP contribution in [0.2, 0.25) is 0 Å². The Morgan fingerprint density at radius 3 is 2.56 bits per heavy atom. The summed E-state index contributed by atoms with van der Waals surface area (Å²) in [5.41, 5.74) is 2.16. The first-order valence-corrected chi connectivity index (χ1v) is 7.27. The molecule has 2 nitrogen and oxygen atoms in total. The molecular formula is C15H18BrNO. The number of halogens is 1. The lowest BCUT2D eigenvalue weighted by molar-refractivity contribution is 0.450. The second kappa shape index (κ2) is 5.38. The zero-order valence-corrected chi connectivity index (χ0v) is 12.5. The van der Waals surface area contributed by atoms with Crippen LogP contribution in [-0.2, 0) is 10.3 Å². The van der Waals surface area contributed by atoms with Crippen LogP contribution in [0.5, 0.6) is 0 Å². The minimum absolute atomic E-state index is 0.328. The first kappa shape index (κ1) is 13.5. The van der Waals surface area contributed by atoms with E-state index in [1.165, 1.54) is 11.1 Å². The lowest BCUT2D eigenvalue weighted by atomic mass is 9.82. The fraction of sp³-hybridized carbons (Fsp3) is 0.533. The van der Waals surface area contributed by atoms with Crippen LogP contribution in [0.4, 0.5) is 0 Å². The van der Waals surface area contributed by atoms with Gasteiger partial charge >= 0.3 is 0 Å². The standard InChI is InChI=1S/C15H18BrNO/c1-11(2)13-6-5-12(16)9-14(13)15(17-10-18)7-3-4-8-15/h5-6,9,11H,3-4,7-8H2,1-2H3. The third-order valence-electron chi connectivity index (χ3n) is 3.83. The Kier molecular flexibility index (Phi) is 4.04. The molecule has 0 spiro atoms. The summed E-state index contributed by atoms with van der Waals surface area (Å²) in [5.74, 6) is 0.437. The molecule has 0 radical (unpaired) electrons. The summed E-state index contributed by atoms with van der Waals surface area (Å²) in [5, 5.41) is 0. The van der Waals surface area contributed by atoms with Crippen LogP contribution < -0.4 is 0 Å². The number of hydrogen-bond acceptors (Lipinski definition) is 2. The third kappa shape index (κ3) is 2.43. The Bertz CT molecular complexity index is 483. The fourth-order valence-corrected chi connectivity index (χ4v) is 3.28. The van der Waals surface area contributed by atoms with Crippen molar-refractivity contribution in [3.8, 4) is 0 Å². The maximum absolute atomic E-state index is 10.8. The van der Waals surface area contributed by atoms with Crippen LogP contribution in [0, 0.1) is 0 Å². The van der Waals surface area contributed by atoms with E-state index < -0.39 is 0 Å². The Morgan fingerprint density at radius 2 is 2.00 bits per heavy atom. The van der Waals surface area contributed by atoms with E-state index >= 15 is 0 Å². The summed E-state index contributed by atoms with van der Waals surface area (Å²) in [7, 11) is 0. The smallest absolute Gasteiger partial charge is 0.211 e. The van der Waals surface area contributed by atoms with E-state index in [1.54, 1.807) is 6.08 Å². The van der Waals surface area contributed by atoms with Gasteiger partial charge in [-0.3, -0.25) is 0 Å². The summed E-state index contributed by atoms with van der Waals surface area (Å²) in [6, 6.07) is 6.33. The van der Waals surface area contributed by atoms with Crippen molar-refractivity contribution in [2.45, 2.75) is 51.0 Å². The van der Waals surface area contributed by atoms with Gasteiger partial charge in [0.1, 0.15) is 0 Å². The molecular weight excluding hydrogens is 290 g/mol. The van der Waals surface area contributed by atoms with Crippen molar-refractivity contribution in [3.63, 3.8) is 0 Å². The molecule has 0 aliphatic heterocycles. The summed E-state index contributed by atoms with van der Waals surface area (Å²) in [4.78, 5) is 15.0. The van der Waals surface area contributed by atoms with Gasteiger partial charge in [-0.05, 0) is 42.0 Å².